The highest BCUT2D eigenvalue weighted by Gasteiger charge is 2.42. The lowest BCUT2D eigenvalue weighted by Gasteiger charge is -2.47. The summed E-state index contributed by atoms with van der Waals surface area (Å²) >= 11 is 0. The van der Waals surface area contributed by atoms with Gasteiger partial charge in [-0.25, -0.2) is 9.67 Å². The Balaban J connectivity index is 1.55. The average Bonchev–Trinajstić information content (AvgIpc) is 3.19. The van der Waals surface area contributed by atoms with Gasteiger partial charge in [0.05, 0.1) is 0 Å². The van der Waals surface area contributed by atoms with E-state index < -0.39 is 0 Å². The van der Waals surface area contributed by atoms with E-state index in [1.54, 1.807) is 18.1 Å². The van der Waals surface area contributed by atoms with Crippen molar-refractivity contribution in [2.75, 3.05) is 39.9 Å². The summed E-state index contributed by atoms with van der Waals surface area (Å²) in [6.45, 7) is 5.62. The van der Waals surface area contributed by atoms with E-state index in [1.807, 2.05) is 16.7 Å². The molecular weight excluding hydrogens is 334 g/mol. The van der Waals surface area contributed by atoms with Crippen molar-refractivity contribution in [2.24, 2.45) is 5.41 Å². The van der Waals surface area contributed by atoms with Gasteiger partial charge in [0.1, 0.15) is 18.7 Å². The molecule has 0 saturated carbocycles. The molecule has 0 bridgehead atoms. The van der Waals surface area contributed by atoms with Crippen molar-refractivity contribution >= 4 is 11.8 Å². The Hall–Kier alpha value is -1.96. The first kappa shape index (κ1) is 18.8. The minimum absolute atomic E-state index is 0.0918. The Morgan fingerprint density at radius 2 is 2.12 bits per heavy atom. The maximum Gasteiger partial charge on any atom is 0.247 e. The molecule has 1 aromatic rings. The first-order valence-electron chi connectivity index (χ1n) is 9.44. The molecule has 0 radical (unpaired) electrons. The van der Waals surface area contributed by atoms with Crippen molar-refractivity contribution in [3.05, 3.63) is 12.7 Å². The Labute approximate surface area is 154 Å². The third kappa shape index (κ3) is 4.06. The fraction of sp³-hybridized carbons (Fsp3) is 0.778. The maximum absolute atomic E-state index is 12.7. The third-order valence-corrected chi connectivity index (χ3v) is 5.85. The molecule has 2 amide bonds. The van der Waals surface area contributed by atoms with Crippen LogP contribution in [0.15, 0.2) is 12.7 Å². The van der Waals surface area contributed by atoms with E-state index in [0.717, 1.165) is 51.9 Å². The molecule has 2 aliphatic rings. The molecule has 1 spiro atoms. The van der Waals surface area contributed by atoms with Crippen molar-refractivity contribution < 1.29 is 14.3 Å². The number of rotatable bonds is 6. The second kappa shape index (κ2) is 8.16. The van der Waals surface area contributed by atoms with Crippen LogP contribution in [0, 0.1) is 5.41 Å². The summed E-state index contributed by atoms with van der Waals surface area (Å²) in [6.07, 6.45) is 7.38. The number of nitrogens with zero attached hydrogens (tertiary/aromatic N) is 5. The topological polar surface area (TPSA) is 80.6 Å². The van der Waals surface area contributed by atoms with Gasteiger partial charge in [0.15, 0.2) is 0 Å². The van der Waals surface area contributed by atoms with Crippen LogP contribution in [0.5, 0.6) is 0 Å². The first-order chi connectivity index (χ1) is 12.5. The number of aromatic nitrogens is 3. The Bertz CT molecular complexity index is 610. The molecular formula is C18H29N5O3. The zero-order valence-corrected chi connectivity index (χ0v) is 15.8. The van der Waals surface area contributed by atoms with Gasteiger partial charge in [-0.15, -0.1) is 0 Å². The van der Waals surface area contributed by atoms with E-state index in [1.165, 1.54) is 6.33 Å². The molecule has 3 rings (SSSR count). The van der Waals surface area contributed by atoms with E-state index in [-0.39, 0.29) is 23.3 Å². The van der Waals surface area contributed by atoms with E-state index in [4.69, 9.17) is 4.74 Å². The van der Waals surface area contributed by atoms with Crippen LogP contribution >= 0.6 is 0 Å². The predicted octanol–water partition coefficient (Wildman–Crippen LogP) is 1.11. The van der Waals surface area contributed by atoms with Gasteiger partial charge in [0, 0.05) is 46.3 Å². The van der Waals surface area contributed by atoms with Gasteiger partial charge >= 0.3 is 0 Å². The van der Waals surface area contributed by atoms with E-state index in [2.05, 4.69) is 10.1 Å². The number of amides is 2. The number of methoxy groups -OCH3 is 1. The quantitative estimate of drug-likeness (QED) is 0.707. The Morgan fingerprint density at radius 1 is 1.35 bits per heavy atom. The summed E-state index contributed by atoms with van der Waals surface area (Å²) in [5.41, 5.74) is 0.161. The molecule has 3 heterocycles. The highest BCUT2D eigenvalue weighted by Crippen LogP contribution is 2.40. The molecule has 0 unspecified atom stereocenters. The molecule has 144 valence electrons. The SMILES string of the molecule is COCCCN1CC2(CCC1=O)CCN(C(=O)[C@H](C)n1cncn1)CC2. The Kier molecular flexibility index (Phi) is 5.90. The smallest absolute Gasteiger partial charge is 0.247 e. The first-order valence-corrected chi connectivity index (χ1v) is 9.44. The maximum atomic E-state index is 12.7. The molecule has 0 aliphatic carbocycles. The zero-order chi connectivity index (χ0) is 18.6. The van der Waals surface area contributed by atoms with Gasteiger partial charge in [-0.1, -0.05) is 0 Å². The van der Waals surface area contributed by atoms with Crippen LogP contribution in [0.3, 0.4) is 0 Å². The summed E-state index contributed by atoms with van der Waals surface area (Å²) in [5.74, 6) is 0.347. The number of carbonyl (C=O) groups excluding carboxylic acids is 2. The minimum atomic E-state index is -0.329. The number of piperidine rings is 2. The Morgan fingerprint density at radius 3 is 2.77 bits per heavy atom. The molecule has 26 heavy (non-hydrogen) atoms. The number of hydrogen-bond acceptors (Lipinski definition) is 5. The number of carbonyl (C=O) groups is 2. The average molecular weight is 363 g/mol. The lowest BCUT2D eigenvalue weighted by Crippen LogP contribution is -2.53. The van der Waals surface area contributed by atoms with Gasteiger partial charge in [0.2, 0.25) is 11.8 Å². The standard InChI is InChI=1S/C18H29N5O3/c1-15(23-14-19-13-20-23)17(25)21-9-6-18(7-10-21)5-4-16(24)22(12-18)8-3-11-26-2/h13-15H,3-12H2,1-2H3/t15-/m0/s1. The minimum Gasteiger partial charge on any atom is -0.385 e. The largest absolute Gasteiger partial charge is 0.385 e. The summed E-state index contributed by atoms with van der Waals surface area (Å²) in [7, 11) is 1.69. The van der Waals surface area contributed by atoms with Crippen molar-refractivity contribution in [3.63, 3.8) is 0 Å². The summed E-state index contributed by atoms with van der Waals surface area (Å²) < 4.78 is 6.71. The normalized spacial score (nSPS) is 21.2. The molecule has 0 aromatic carbocycles. The number of likely N-dealkylation sites (tertiary alicyclic amines) is 2. The van der Waals surface area contributed by atoms with Crippen molar-refractivity contribution in [1.29, 1.82) is 0 Å². The van der Waals surface area contributed by atoms with Crippen LogP contribution in [0.2, 0.25) is 0 Å². The highest BCUT2D eigenvalue weighted by atomic mass is 16.5. The van der Waals surface area contributed by atoms with E-state index in [9.17, 15) is 9.59 Å². The summed E-state index contributed by atoms with van der Waals surface area (Å²) in [6, 6.07) is -0.329. The van der Waals surface area contributed by atoms with Crippen LogP contribution in [0.1, 0.15) is 45.1 Å². The lowest BCUT2D eigenvalue weighted by molar-refractivity contribution is -0.144. The van der Waals surface area contributed by atoms with Gasteiger partial charge in [0.25, 0.3) is 0 Å². The molecule has 2 saturated heterocycles. The van der Waals surface area contributed by atoms with Crippen molar-refractivity contribution in [1.82, 2.24) is 24.6 Å². The molecule has 1 atom stereocenters. The summed E-state index contributed by atoms with van der Waals surface area (Å²) in [5, 5.41) is 4.07. The fourth-order valence-electron chi connectivity index (χ4n) is 4.11. The number of hydrogen-bond donors (Lipinski definition) is 0. The second-order valence-corrected chi connectivity index (χ2v) is 7.54. The highest BCUT2D eigenvalue weighted by molar-refractivity contribution is 5.80. The third-order valence-electron chi connectivity index (χ3n) is 5.85. The lowest BCUT2D eigenvalue weighted by atomic mass is 9.72. The zero-order valence-electron chi connectivity index (χ0n) is 15.8. The molecule has 8 nitrogen and oxygen atoms in total. The van der Waals surface area contributed by atoms with Crippen LogP contribution in [0.4, 0.5) is 0 Å². The summed E-state index contributed by atoms with van der Waals surface area (Å²) in [4.78, 5) is 32.8. The van der Waals surface area contributed by atoms with Crippen LogP contribution in [-0.2, 0) is 14.3 Å². The number of ether oxygens (including phenoxy) is 1. The van der Waals surface area contributed by atoms with Crippen LogP contribution < -0.4 is 0 Å². The second-order valence-electron chi connectivity index (χ2n) is 7.54. The van der Waals surface area contributed by atoms with Gasteiger partial charge < -0.3 is 14.5 Å². The van der Waals surface area contributed by atoms with Gasteiger partial charge in [-0.3, -0.25) is 9.59 Å². The predicted molar refractivity (Wildman–Crippen MR) is 95.3 cm³/mol. The molecule has 8 heteroatoms. The van der Waals surface area contributed by atoms with Crippen molar-refractivity contribution in [2.45, 2.75) is 45.1 Å². The van der Waals surface area contributed by atoms with Gasteiger partial charge in [-0.05, 0) is 38.0 Å². The van der Waals surface area contributed by atoms with Crippen LogP contribution in [-0.4, -0.2) is 76.3 Å². The van der Waals surface area contributed by atoms with Crippen molar-refractivity contribution in [3.8, 4) is 0 Å². The van der Waals surface area contributed by atoms with Crippen LogP contribution in [0.25, 0.3) is 0 Å². The monoisotopic (exact) mass is 363 g/mol. The molecule has 2 aliphatic heterocycles. The molecule has 2 fully saturated rings. The fourth-order valence-corrected chi connectivity index (χ4v) is 4.11. The van der Waals surface area contributed by atoms with E-state index >= 15 is 0 Å². The van der Waals surface area contributed by atoms with E-state index in [0.29, 0.717) is 13.0 Å². The van der Waals surface area contributed by atoms with Gasteiger partial charge in [-0.2, -0.15) is 5.10 Å². The molecule has 0 N–H and O–H groups in total. The molecule has 1 aromatic heterocycles.